The number of hydrogen-bond donors (Lipinski definition) is 0. The molecule has 36 heavy (non-hydrogen) atoms. The first kappa shape index (κ1) is 20.2. The van der Waals surface area contributed by atoms with Gasteiger partial charge in [0.15, 0.2) is 11.6 Å². The summed E-state index contributed by atoms with van der Waals surface area (Å²) >= 11 is 0. The van der Waals surface area contributed by atoms with E-state index < -0.39 is 0 Å². The Morgan fingerprint density at radius 3 is 1.67 bits per heavy atom. The van der Waals surface area contributed by atoms with Crippen LogP contribution >= 0.6 is 0 Å². The SMILES string of the molecule is O=c1c2nc3ccccc3n2c2ccccc2n1-c1nc(-c2ccccc2)nc(-c2ccccc2)n1. The molecule has 0 N–H and O–H groups in total. The molecule has 0 aliphatic rings. The minimum absolute atomic E-state index is 0.249. The van der Waals surface area contributed by atoms with Gasteiger partial charge in [0.25, 0.3) is 0 Å². The summed E-state index contributed by atoms with van der Waals surface area (Å²) in [6.45, 7) is 0. The lowest BCUT2D eigenvalue weighted by Crippen LogP contribution is -2.24. The number of aromatic nitrogens is 6. The highest BCUT2D eigenvalue weighted by Crippen LogP contribution is 2.25. The normalized spacial score (nSPS) is 11.4. The van der Waals surface area contributed by atoms with Crippen molar-refractivity contribution in [3.63, 3.8) is 0 Å². The largest absolute Gasteiger partial charge is 0.301 e. The monoisotopic (exact) mass is 466 g/mol. The van der Waals surface area contributed by atoms with Crippen molar-refractivity contribution in [2.45, 2.75) is 0 Å². The Balaban J connectivity index is 1.61. The fraction of sp³-hybridized carbons (Fsp3) is 0. The molecule has 7 aromatic rings. The summed E-state index contributed by atoms with van der Waals surface area (Å²) in [6.07, 6.45) is 0. The summed E-state index contributed by atoms with van der Waals surface area (Å²) in [6, 6.07) is 34.9. The lowest BCUT2D eigenvalue weighted by atomic mass is 10.2. The molecule has 3 heterocycles. The van der Waals surface area contributed by atoms with Crippen LogP contribution in [0.3, 0.4) is 0 Å². The maximum Gasteiger partial charge on any atom is 0.301 e. The van der Waals surface area contributed by atoms with Crippen molar-refractivity contribution in [3.8, 4) is 28.7 Å². The Labute approximate surface area is 205 Å². The van der Waals surface area contributed by atoms with Gasteiger partial charge in [0.2, 0.25) is 11.6 Å². The molecule has 0 atom stereocenters. The average Bonchev–Trinajstić information content (AvgIpc) is 3.34. The second-order valence-electron chi connectivity index (χ2n) is 8.40. The molecule has 0 spiro atoms. The van der Waals surface area contributed by atoms with Crippen molar-refractivity contribution in [1.82, 2.24) is 28.9 Å². The zero-order valence-corrected chi connectivity index (χ0v) is 19.0. The van der Waals surface area contributed by atoms with Gasteiger partial charge in [-0.1, -0.05) is 84.9 Å². The Morgan fingerprint density at radius 2 is 1.03 bits per heavy atom. The van der Waals surface area contributed by atoms with Gasteiger partial charge in [-0.05, 0) is 24.3 Å². The van der Waals surface area contributed by atoms with Crippen LogP contribution in [-0.2, 0) is 0 Å². The summed E-state index contributed by atoms with van der Waals surface area (Å²) in [4.78, 5) is 33.0. The van der Waals surface area contributed by atoms with E-state index in [0.717, 1.165) is 27.7 Å². The first-order valence-corrected chi connectivity index (χ1v) is 11.6. The van der Waals surface area contributed by atoms with Crippen molar-refractivity contribution in [2.75, 3.05) is 0 Å². The molecule has 7 nitrogen and oxygen atoms in total. The Bertz CT molecular complexity index is 1900. The van der Waals surface area contributed by atoms with Crippen molar-refractivity contribution >= 4 is 27.7 Å². The van der Waals surface area contributed by atoms with E-state index in [-0.39, 0.29) is 11.5 Å². The molecule has 0 aliphatic heterocycles. The summed E-state index contributed by atoms with van der Waals surface area (Å²) in [5, 5.41) is 0. The number of para-hydroxylation sites is 4. The predicted molar refractivity (Wildman–Crippen MR) is 140 cm³/mol. The molecule has 170 valence electrons. The summed E-state index contributed by atoms with van der Waals surface area (Å²) in [7, 11) is 0. The van der Waals surface area contributed by atoms with E-state index in [4.69, 9.17) is 15.0 Å². The van der Waals surface area contributed by atoms with Gasteiger partial charge in [0.05, 0.1) is 22.1 Å². The smallest absolute Gasteiger partial charge is 0.286 e. The molecule has 0 radical (unpaired) electrons. The van der Waals surface area contributed by atoms with E-state index in [0.29, 0.717) is 22.8 Å². The molecule has 0 aliphatic carbocycles. The van der Waals surface area contributed by atoms with Crippen LogP contribution in [0.2, 0.25) is 0 Å². The maximum absolute atomic E-state index is 14.0. The van der Waals surface area contributed by atoms with E-state index in [1.165, 1.54) is 4.57 Å². The van der Waals surface area contributed by atoms with Gasteiger partial charge in [0.1, 0.15) is 0 Å². The third-order valence-electron chi connectivity index (χ3n) is 6.21. The zero-order valence-electron chi connectivity index (χ0n) is 19.0. The van der Waals surface area contributed by atoms with Crippen molar-refractivity contribution in [3.05, 3.63) is 120 Å². The fourth-order valence-electron chi connectivity index (χ4n) is 4.56. The van der Waals surface area contributed by atoms with Crippen LogP contribution in [0, 0.1) is 0 Å². The molecule has 0 bridgehead atoms. The third kappa shape index (κ3) is 3.10. The molecule has 0 saturated carbocycles. The van der Waals surface area contributed by atoms with E-state index in [9.17, 15) is 4.79 Å². The maximum atomic E-state index is 14.0. The standard InChI is InChI=1S/C29H18N6O/c36-28-27-30-21-15-7-8-16-22(21)34(27)23-17-9-10-18-24(23)35(28)29-32-25(19-11-3-1-4-12-19)31-26(33-29)20-13-5-2-6-14-20/h1-18H. The van der Waals surface area contributed by atoms with Gasteiger partial charge < -0.3 is 0 Å². The molecule has 3 aromatic heterocycles. The van der Waals surface area contributed by atoms with Gasteiger partial charge in [-0.3, -0.25) is 9.20 Å². The van der Waals surface area contributed by atoms with Crippen molar-refractivity contribution in [2.24, 2.45) is 0 Å². The second kappa shape index (κ2) is 7.95. The van der Waals surface area contributed by atoms with Crippen LogP contribution in [0.1, 0.15) is 0 Å². The zero-order chi connectivity index (χ0) is 24.1. The molecule has 0 unspecified atom stereocenters. The highest BCUT2D eigenvalue weighted by molar-refractivity contribution is 5.89. The van der Waals surface area contributed by atoms with Crippen LogP contribution in [0.25, 0.3) is 56.4 Å². The lowest BCUT2D eigenvalue weighted by molar-refractivity contribution is 0.894. The Morgan fingerprint density at radius 1 is 0.500 bits per heavy atom. The van der Waals surface area contributed by atoms with Crippen molar-refractivity contribution < 1.29 is 0 Å². The molecular weight excluding hydrogens is 448 g/mol. The first-order valence-electron chi connectivity index (χ1n) is 11.6. The number of rotatable bonds is 3. The summed E-state index contributed by atoms with van der Waals surface area (Å²) in [5.41, 5.74) is 4.84. The Hall–Kier alpha value is -5.17. The van der Waals surface area contributed by atoms with E-state index in [2.05, 4.69) is 4.98 Å². The number of fused-ring (bicyclic) bond motifs is 5. The lowest BCUT2D eigenvalue weighted by Gasteiger charge is -2.13. The van der Waals surface area contributed by atoms with Crippen LogP contribution in [0.5, 0.6) is 0 Å². The van der Waals surface area contributed by atoms with E-state index in [1.807, 2.05) is 114 Å². The number of benzene rings is 4. The quantitative estimate of drug-likeness (QED) is 0.353. The molecule has 0 saturated heterocycles. The van der Waals surface area contributed by atoms with Gasteiger partial charge >= 0.3 is 5.56 Å². The first-order chi connectivity index (χ1) is 17.8. The van der Waals surface area contributed by atoms with Crippen LogP contribution < -0.4 is 5.56 Å². The van der Waals surface area contributed by atoms with E-state index >= 15 is 0 Å². The van der Waals surface area contributed by atoms with Crippen molar-refractivity contribution in [1.29, 1.82) is 0 Å². The highest BCUT2D eigenvalue weighted by Gasteiger charge is 2.20. The molecule has 7 heteroatoms. The Kier molecular flexibility index (Phi) is 4.47. The molecule has 7 rings (SSSR count). The van der Waals surface area contributed by atoms with Crippen LogP contribution in [0.4, 0.5) is 0 Å². The number of imidazole rings is 1. The van der Waals surface area contributed by atoms with Crippen LogP contribution in [0.15, 0.2) is 114 Å². The summed E-state index contributed by atoms with van der Waals surface area (Å²) in [5.74, 6) is 1.23. The molecule has 0 fully saturated rings. The van der Waals surface area contributed by atoms with Gasteiger partial charge in [-0.25, -0.2) is 14.5 Å². The number of nitrogens with zero attached hydrogens (tertiary/aromatic N) is 6. The summed E-state index contributed by atoms with van der Waals surface area (Å²) < 4.78 is 3.44. The third-order valence-corrected chi connectivity index (χ3v) is 6.21. The van der Waals surface area contributed by atoms with Gasteiger partial charge in [-0.2, -0.15) is 9.97 Å². The van der Waals surface area contributed by atoms with Crippen LogP contribution in [-0.4, -0.2) is 28.9 Å². The fourth-order valence-corrected chi connectivity index (χ4v) is 4.56. The predicted octanol–water partition coefficient (Wildman–Crippen LogP) is 5.31. The topological polar surface area (TPSA) is 78.0 Å². The molecule has 0 amide bonds. The average molecular weight is 467 g/mol. The highest BCUT2D eigenvalue weighted by atomic mass is 16.1. The molecular formula is C29H18N6O. The minimum atomic E-state index is -0.297. The van der Waals surface area contributed by atoms with Gasteiger partial charge in [0, 0.05) is 11.1 Å². The molecule has 4 aromatic carbocycles. The van der Waals surface area contributed by atoms with E-state index in [1.54, 1.807) is 0 Å². The van der Waals surface area contributed by atoms with Gasteiger partial charge in [-0.15, -0.1) is 0 Å². The number of hydrogen-bond acceptors (Lipinski definition) is 5. The minimum Gasteiger partial charge on any atom is -0.286 e. The second-order valence-corrected chi connectivity index (χ2v) is 8.40.